The molecule has 0 spiro atoms. The molecule has 0 bridgehead atoms. The summed E-state index contributed by atoms with van der Waals surface area (Å²) in [6.45, 7) is 4.06. The molecule has 2 aromatic rings. The van der Waals surface area contributed by atoms with E-state index in [0.29, 0.717) is 5.88 Å². The van der Waals surface area contributed by atoms with E-state index in [9.17, 15) is 4.79 Å². The standard InChI is InChI=1S/C22H32N4O2/c1-3-4-5-6-7-13-26-14-11-16(15-19(26)22(23)27)17-10-12-24-18-8-9-20(28-2)25-21(17)18/h8-10,12,16,19H,3-7,11,13-15H2,1-2H3,(H2,23,27). The first kappa shape index (κ1) is 20.5. The van der Waals surface area contributed by atoms with Crippen molar-refractivity contribution < 1.29 is 9.53 Å². The minimum Gasteiger partial charge on any atom is -0.481 e. The zero-order chi connectivity index (χ0) is 19.9. The Morgan fingerprint density at radius 1 is 1.25 bits per heavy atom. The Morgan fingerprint density at radius 2 is 2.07 bits per heavy atom. The third kappa shape index (κ3) is 4.79. The molecule has 3 heterocycles. The van der Waals surface area contributed by atoms with Crippen molar-refractivity contribution >= 4 is 16.9 Å². The molecule has 0 radical (unpaired) electrons. The number of fused-ring (bicyclic) bond motifs is 1. The average molecular weight is 385 g/mol. The minimum atomic E-state index is -0.220. The minimum absolute atomic E-state index is 0.209. The van der Waals surface area contributed by atoms with Gasteiger partial charge in [-0.25, -0.2) is 4.98 Å². The fourth-order valence-electron chi connectivity index (χ4n) is 4.25. The number of nitrogens with zero attached hydrogens (tertiary/aromatic N) is 3. The monoisotopic (exact) mass is 384 g/mol. The van der Waals surface area contributed by atoms with Crippen LogP contribution in [0.4, 0.5) is 0 Å². The summed E-state index contributed by atoms with van der Waals surface area (Å²) in [6.07, 6.45) is 9.71. The van der Waals surface area contributed by atoms with E-state index < -0.39 is 0 Å². The van der Waals surface area contributed by atoms with E-state index >= 15 is 0 Å². The second-order valence-corrected chi connectivity index (χ2v) is 7.71. The number of primary amides is 1. The summed E-state index contributed by atoms with van der Waals surface area (Å²) in [5.41, 5.74) is 8.63. The van der Waals surface area contributed by atoms with E-state index in [2.05, 4.69) is 21.8 Å². The van der Waals surface area contributed by atoms with E-state index in [0.717, 1.165) is 48.9 Å². The lowest BCUT2D eigenvalue weighted by Crippen LogP contribution is -2.49. The van der Waals surface area contributed by atoms with Crippen LogP contribution in [-0.2, 0) is 4.79 Å². The van der Waals surface area contributed by atoms with Crippen molar-refractivity contribution in [3.63, 3.8) is 0 Å². The number of carbonyl (C=O) groups is 1. The van der Waals surface area contributed by atoms with Crippen LogP contribution in [0, 0.1) is 0 Å². The highest BCUT2D eigenvalue weighted by Crippen LogP contribution is 2.35. The molecule has 28 heavy (non-hydrogen) atoms. The van der Waals surface area contributed by atoms with Gasteiger partial charge >= 0.3 is 0 Å². The molecule has 0 saturated carbocycles. The van der Waals surface area contributed by atoms with Crippen molar-refractivity contribution in [2.45, 2.75) is 63.8 Å². The van der Waals surface area contributed by atoms with Gasteiger partial charge < -0.3 is 10.5 Å². The maximum absolute atomic E-state index is 12.2. The van der Waals surface area contributed by atoms with Gasteiger partial charge in [-0.1, -0.05) is 32.6 Å². The predicted molar refractivity (Wildman–Crippen MR) is 111 cm³/mol. The molecule has 3 rings (SSSR count). The van der Waals surface area contributed by atoms with Crippen molar-refractivity contribution in [1.82, 2.24) is 14.9 Å². The molecule has 1 aliphatic heterocycles. The predicted octanol–water partition coefficient (Wildman–Crippen LogP) is 3.64. The van der Waals surface area contributed by atoms with Crippen LogP contribution in [-0.4, -0.2) is 47.0 Å². The summed E-state index contributed by atoms with van der Waals surface area (Å²) in [7, 11) is 1.62. The molecule has 152 valence electrons. The summed E-state index contributed by atoms with van der Waals surface area (Å²) in [4.78, 5) is 23.5. The molecule has 0 aromatic carbocycles. The van der Waals surface area contributed by atoms with Gasteiger partial charge in [-0.05, 0) is 56.0 Å². The number of hydrogen-bond donors (Lipinski definition) is 1. The smallest absolute Gasteiger partial charge is 0.234 e. The van der Waals surface area contributed by atoms with Crippen LogP contribution in [0.2, 0.25) is 0 Å². The third-order valence-electron chi connectivity index (χ3n) is 5.83. The fraction of sp³-hybridized carbons (Fsp3) is 0.591. The Bertz CT molecular complexity index is 795. The summed E-state index contributed by atoms with van der Waals surface area (Å²) in [5, 5.41) is 0. The highest BCUT2D eigenvalue weighted by Gasteiger charge is 2.33. The van der Waals surface area contributed by atoms with Gasteiger partial charge in [0.15, 0.2) is 0 Å². The normalized spacial score (nSPS) is 20.4. The van der Waals surface area contributed by atoms with Gasteiger partial charge in [0.25, 0.3) is 0 Å². The number of nitrogens with two attached hydrogens (primary N) is 1. The van der Waals surface area contributed by atoms with Gasteiger partial charge in [-0.3, -0.25) is 14.7 Å². The first-order chi connectivity index (χ1) is 13.6. The van der Waals surface area contributed by atoms with Crippen LogP contribution in [0.25, 0.3) is 11.0 Å². The summed E-state index contributed by atoms with van der Waals surface area (Å²) < 4.78 is 5.29. The zero-order valence-corrected chi connectivity index (χ0v) is 17.1. The van der Waals surface area contributed by atoms with Crippen molar-refractivity contribution in [3.05, 3.63) is 30.0 Å². The lowest BCUT2D eigenvalue weighted by Gasteiger charge is -2.38. The van der Waals surface area contributed by atoms with E-state index in [1.54, 1.807) is 7.11 Å². The van der Waals surface area contributed by atoms with Crippen LogP contribution in [0.15, 0.2) is 24.4 Å². The zero-order valence-electron chi connectivity index (χ0n) is 17.1. The Balaban J connectivity index is 1.73. The Hall–Kier alpha value is -2.21. The lowest BCUT2D eigenvalue weighted by molar-refractivity contribution is -0.124. The second kappa shape index (κ2) is 9.82. The van der Waals surface area contributed by atoms with Gasteiger partial charge in [-0.2, -0.15) is 0 Å². The van der Waals surface area contributed by atoms with Crippen molar-refractivity contribution in [2.24, 2.45) is 5.73 Å². The number of pyridine rings is 2. The van der Waals surface area contributed by atoms with Crippen LogP contribution in [0.5, 0.6) is 5.88 Å². The molecule has 6 nitrogen and oxygen atoms in total. The molecular formula is C22H32N4O2. The van der Waals surface area contributed by atoms with Gasteiger partial charge in [-0.15, -0.1) is 0 Å². The average Bonchev–Trinajstić information content (AvgIpc) is 2.72. The molecule has 1 saturated heterocycles. The van der Waals surface area contributed by atoms with Crippen LogP contribution < -0.4 is 10.5 Å². The van der Waals surface area contributed by atoms with E-state index in [1.165, 1.54) is 25.7 Å². The molecule has 2 N–H and O–H groups in total. The van der Waals surface area contributed by atoms with E-state index in [1.807, 2.05) is 24.4 Å². The van der Waals surface area contributed by atoms with Crippen molar-refractivity contribution in [3.8, 4) is 5.88 Å². The maximum atomic E-state index is 12.2. The van der Waals surface area contributed by atoms with Crippen LogP contribution >= 0.6 is 0 Å². The number of methoxy groups -OCH3 is 1. The van der Waals surface area contributed by atoms with Gasteiger partial charge in [0.2, 0.25) is 11.8 Å². The topological polar surface area (TPSA) is 81.3 Å². The molecule has 2 aromatic heterocycles. The highest BCUT2D eigenvalue weighted by atomic mass is 16.5. The van der Waals surface area contributed by atoms with Gasteiger partial charge in [0, 0.05) is 12.3 Å². The Morgan fingerprint density at radius 3 is 2.82 bits per heavy atom. The largest absolute Gasteiger partial charge is 0.481 e. The fourth-order valence-corrected chi connectivity index (χ4v) is 4.25. The molecule has 1 fully saturated rings. The van der Waals surface area contributed by atoms with Crippen LogP contribution in [0.3, 0.4) is 0 Å². The van der Waals surface area contributed by atoms with Crippen LogP contribution in [0.1, 0.15) is 63.4 Å². The third-order valence-corrected chi connectivity index (χ3v) is 5.83. The Labute approximate surface area is 167 Å². The van der Waals surface area contributed by atoms with E-state index in [-0.39, 0.29) is 17.9 Å². The molecule has 2 atom stereocenters. The molecular weight excluding hydrogens is 352 g/mol. The molecule has 1 amide bonds. The molecule has 6 heteroatoms. The number of unbranched alkanes of at least 4 members (excludes halogenated alkanes) is 4. The number of hydrogen-bond acceptors (Lipinski definition) is 5. The quantitative estimate of drug-likeness (QED) is 0.668. The first-order valence-corrected chi connectivity index (χ1v) is 10.5. The number of aromatic nitrogens is 2. The number of amides is 1. The van der Waals surface area contributed by atoms with Gasteiger partial charge in [0.1, 0.15) is 0 Å². The molecule has 2 unspecified atom stereocenters. The maximum Gasteiger partial charge on any atom is 0.234 e. The summed E-state index contributed by atoms with van der Waals surface area (Å²) in [5.74, 6) is 0.610. The number of piperidine rings is 1. The van der Waals surface area contributed by atoms with Crippen molar-refractivity contribution in [1.29, 1.82) is 0 Å². The Kier molecular flexibility index (Phi) is 7.20. The highest BCUT2D eigenvalue weighted by molar-refractivity contribution is 5.81. The number of carbonyl (C=O) groups excluding carboxylic acids is 1. The summed E-state index contributed by atoms with van der Waals surface area (Å²) in [6, 6.07) is 5.57. The van der Waals surface area contributed by atoms with Gasteiger partial charge in [0.05, 0.1) is 24.2 Å². The SMILES string of the molecule is CCCCCCCN1CCC(c2ccnc3ccc(OC)nc23)CC1C(N)=O. The first-order valence-electron chi connectivity index (χ1n) is 10.5. The van der Waals surface area contributed by atoms with E-state index in [4.69, 9.17) is 10.5 Å². The number of rotatable bonds is 9. The molecule has 0 aliphatic carbocycles. The van der Waals surface area contributed by atoms with Crippen molar-refractivity contribution in [2.75, 3.05) is 20.2 Å². The number of ether oxygens (including phenoxy) is 1. The summed E-state index contributed by atoms with van der Waals surface area (Å²) >= 11 is 0. The lowest BCUT2D eigenvalue weighted by atomic mass is 9.84. The number of likely N-dealkylation sites (tertiary alicyclic amines) is 1. The molecule has 1 aliphatic rings. The second-order valence-electron chi connectivity index (χ2n) is 7.71.